The number of allylic oxidation sites excluding steroid dienone is 14. The molecular formula is C65H84O30. The summed E-state index contributed by atoms with van der Waals surface area (Å²) >= 11 is 0. The van der Waals surface area contributed by atoms with E-state index in [4.69, 9.17) is 47.4 Å². The second-order valence-electron chi connectivity index (χ2n) is 22.2. The Morgan fingerprint density at radius 2 is 0.747 bits per heavy atom. The molecule has 0 spiro atoms. The molecule has 0 saturated carbocycles. The molecule has 2 aromatic carbocycles. The molecule has 0 radical (unpaired) electrons. The molecule has 20 atom stereocenters. The molecule has 4 fully saturated rings. The van der Waals surface area contributed by atoms with Crippen LogP contribution in [-0.2, 0) is 57.1 Å². The van der Waals surface area contributed by atoms with E-state index in [1.165, 1.54) is 64.5 Å². The number of ketones is 2. The SMILES string of the molecule is CC(/C=C/C=C(\C)C(=O)O[C@@H]1O[C@H](CO[C@@H]2O[C@H](CO)[C@@H](O)[C@H](O)[C@H]2O)[C@@H](O)[C@H](O)[C@H]1O)=C\C=C\C=C(C)\C=C\C=C(/C)C(=O)O[C@@H]1O[C@H](CO[C@@H]2O[C@H](CO)[C@@H](O)[C@H](O)[C@H]2O)[C@@H](O)[C@H](O)[C@H]1O.COc1cc(/C=C/C(=O)CC(=O)/C=C/c2ccc(O)c(OC)c2)ccc1O. The summed E-state index contributed by atoms with van der Waals surface area (Å²) in [6.07, 6.45) is -11.4. The van der Waals surface area contributed by atoms with Crippen molar-refractivity contribution in [2.75, 3.05) is 40.6 Å². The van der Waals surface area contributed by atoms with Gasteiger partial charge in [0, 0.05) is 11.1 Å². The van der Waals surface area contributed by atoms with Gasteiger partial charge in [-0.05, 0) is 75.2 Å². The van der Waals surface area contributed by atoms with Gasteiger partial charge < -0.3 is 129 Å². The van der Waals surface area contributed by atoms with Gasteiger partial charge in [-0.25, -0.2) is 9.59 Å². The van der Waals surface area contributed by atoms with Crippen LogP contribution in [0.1, 0.15) is 45.2 Å². The molecule has 2 aromatic rings. The zero-order chi connectivity index (χ0) is 70.4. The van der Waals surface area contributed by atoms with Crippen molar-refractivity contribution >= 4 is 35.7 Å². The van der Waals surface area contributed by atoms with Crippen LogP contribution in [0.2, 0.25) is 0 Å². The lowest BCUT2D eigenvalue weighted by Gasteiger charge is -2.42. The van der Waals surface area contributed by atoms with Crippen LogP contribution >= 0.6 is 0 Å². The molecule has 4 saturated heterocycles. The minimum absolute atomic E-state index is 0.00662. The lowest BCUT2D eigenvalue weighted by Crippen LogP contribution is -2.61. The zero-order valence-electron chi connectivity index (χ0n) is 52.5. The highest BCUT2D eigenvalue weighted by Gasteiger charge is 2.50. The molecule has 30 nitrogen and oxygen atoms in total. The van der Waals surface area contributed by atoms with Gasteiger partial charge in [-0.1, -0.05) is 96.2 Å². The lowest BCUT2D eigenvalue weighted by molar-refractivity contribution is -0.326. The molecule has 524 valence electrons. The summed E-state index contributed by atoms with van der Waals surface area (Å²) in [7, 11) is 2.87. The quantitative estimate of drug-likeness (QED) is 0.0213. The standard InChI is InChI=1S/C44H64O24.C21H20O6/c1-19(11-7-13-21(3)39(59)67-43-37(57)33(53)29(49)25(65-43)17-61-41-35(55)31(51)27(47)23(15-45)63-41)9-5-6-10-20(2)12-8-14-22(4)40(60)68-44-38(58)34(54)30(50)26(66-44)18-62-42-36(56)32(52)28(48)24(16-46)64-42;1-26-20-11-14(5-9-18(20)24)3-7-16(22)13-17(23)8-4-15-6-10-19(25)21(12-15)27-2/h5-14,23-38,41-58H,15-18H2,1-4H3;3-12,24-25H,13H2,1-2H3/b6-5+,11-7+,12-8+,19-9+,20-10+,21-13+,22-14+;7-3+,8-4+/t23-,24-,25-,26-,27-,28-,29-,30-,31+,32+,33+,34+,35-,36-,37-,38-,41-,42-,43+,44+;/m1./s1. The maximum Gasteiger partial charge on any atom is 0.336 e. The largest absolute Gasteiger partial charge is 0.504 e. The first-order chi connectivity index (χ1) is 45.0. The van der Waals surface area contributed by atoms with Gasteiger partial charge in [-0.15, -0.1) is 0 Å². The molecule has 0 bridgehead atoms. The predicted octanol–water partition coefficient (Wildman–Crippen LogP) is -1.86. The second kappa shape index (κ2) is 37.9. The molecule has 30 heteroatoms. The second-order valence-corrected chi connectivity index (χ2v) is 22.2. The van der Waals surface area contributed by atoms with Crippen LogP contribution < -0.4 is 9.47 Å². The van der Waals surface area contributed by atoms with E-state index in [1.54, 1.807) is 98.9 Å². The first-order valence-electron chi connectivity index (χ1n) is 29.6. The number of ether oxygens (including phenoxy) is 10. The summed E-state index contributed by atoms with van der Waals surface area (Å²) in [5, 5.41) is 161. The fourth-order valence-corrected chi connectivity index (χ4v) is 9.10. The maximum atomic E-state index is 12.8. The summed E-state index contributed by atoms with van der Waals surface area (Å²) in [6, 6.07) is 9.34. The van der Waals surface area contributed by atoms with Crippen molar-refractivity contribution in [1.29, 1.82) is 0 Å². The van der Waals surface area contributed by atoms with E-state index in [1.807, 2.05) is 0 Å². The summed E-state index contributed by atoms with van der Waals surface area (Å²) in [6.45, 7) is 3.80. The predicted molar refractivity (Wildman–Crippen MR) is 329 cm³/mol. The fraction of sp³-hybridized carbons (Fsp3) is 0.477. The van der Waals surface area contributed by atoms with E-state index < -0.39 is 161 Å². The first-order valence-corrected chi connectivity index (χ1v) is 29.6. The number of carbonyl (C=O) groups is 4. The van der Waals surface area contributed by atoms with Gasteiger partial charge in [-0.3, -0.25) is 9.59 Å². The summed E-state index contributed by atoms with van der Waals surface area (Å²) in [5.41, 5.74) is 3.01. The number of aliphatic hydroxyl groups excluding tert-OH is 14. The average molecular weight is 1350 g/mol. The number of aromatic hydroxyl groups is 2. The van der Waals surface area contributed by atoms with E-state index in [9.17, 15) is 101 Å². The van der Waals surface area contributed by atoms with E-state index >= 15 is 0 Å². The molecular weight excluding hydrogens is 1260 g/mol. The lowest BCUT2D eigenvalue weighted by atomic mass is 9.98. The van der Waals surface area contributed by atoms with E-state index in [0.717, 1.165) is 11.1 Å². The van der Waals surface area contributed by atoms with Crippen LogP contribution in [0.15, 0.2) is 132 Å². The van der Waals surface area contributed by atoms with Crippen molar-refractivity contribution in [3.63, 3.8) is 0 Å². The van der Waals surface area contributed by atoms with Crippen LogP contribution in [0.3, 0.4) is 0 Å². The Balaban J connectivity index is 0.000000502. The number of rotatable bonds is 26. The molecule has 95 heavy (non-hydrogen) atoms. The summed E-state index contributed by atoms with van der Waals surface area (Å²) in [5.74, 6) is -1.94. The molecule has 0 aromatic heterocycles. The van der Waals surface area contributed by atoms with Crippen molar-refractivity contribution in [3.8, 4) is 23.0 Å². The normalized spacial score (nSPS) is 32.0. The van der Waals surface area contributed by atoms with Gasteiger partial charge in [-0.2, -0.15) is 0 Å². The minimum atomic E-state index is -1.86. The van der Waals surface area contributed by atoms with Crippen molar-refractivity contribution in [2.45, 2.75) is 157 Å². The van der Waals surface area contributed by atoms with Crippen LogP contribution in [0.4, 0.5) is 0 Å². The highest BCUT2D eigenvalue weighted by molar-refractivity contribution is 6.11. The number of esters is 2. The molecule has 0 aliphatic carbocycles. The van der Waals surface area contributed by atoms with Crippen molar-refractivity contribution in [2.24, 2.45) is 0 Å². The van der Waals surface area contributed by atoms with Gasteiger partial charge in [0.2, 0.25) is 12.6 Å². The smallest absolute Gasteiger partial charge is 0.336 e. The summed E-state index contributed by atoms with van der Waals surface area (Å²) < 4.78 is 52.7. The number of methoxy groups -OCH3 is 2. The third-order valence-corrected chi connectivity index (χ3v) is 14.9. The number of phenolic OH excluding ortho intramolecular Hbond substituents is 2. The topological polar surface area (TPSA) is 484 Å². The van der Waals surface area contributed by atoms with Gasteiger partial charge >= 0.3 is 11.9 Å². The average Bonchev–Trinajstić information content (AvgIpc) is 0.857. The number of carbonyl (C=O) groups excluding carboxylic acids is 4. The van der Waals surface area contributed by atoms with Gasteiger partial charge in [0.15, 0.2) is 47.1 Å². The Morgan fingerprint density at radius 1 is 0.421 bits per heavy atom. The van der Waals surface area contributed by atoms with E-state index in [-0.39, 0.29) is 40.6 Å². The minimum Gasteiger partial charge on any atom is -0.504 e. The van der Waals surface area contributed by atoms with Gasteiger partial charge in [0.05, 0.1) is 47.1 Å². The van der Waals surface area contributed by atoms with Gasteiger partial charge in [0.1, 0.15) is 97.7 Å². The first kappa shape index (κ1) is 78.5. The Hall–Kier alpha value is -7.22. The van der Waals surface area contributed by atoms with Crippen LogP contribution in [-0.4, -0.2) is 269 Å². The molecule has 4 heterocycles. The van der Waals surface area contributed by atoms with Crippen LogP contribution in [0.5, 0.6) is 23.0 Å². The van der Waals surface area contributed by atoms with Crippen molar-refractivity contribution in [1.82, 2.24) is 0 Å². The Bertz CT molecular complexity index is 2940. The number of hydrogen-bond donors (Lipinski definition) is 16. The van der Waals surface area contributed by atoms with Crippen LogP contribution in [0, 0.1) is 0 Å². The monoisotopic (exact) mass is 1340 g/mol. The maximum absolute atomic E-state index is 12.8. The summed E-state index contributed by atoms with van der Waals surface area (Å²) in [4.78, 5) is 49.5. The van der Waals surface area contributed by atoms with E-state index in [2.05, 4.69) is 0 Å². The Morgan fingerprint density at radius 3 is 1.08 bits per heavy atom. The van der Waals surface area contributed by atoms with Gasteiger partial charge in [0.25, 0.3) is 0 Å². The molecule has 4 aliphatic heterocycles. The molecule has 6 rings (SSSR count). The Labute approximate surface area is 545 Å². The zero-order valence-corrected chi connectivity index (χ0v) is 52.5. The molecule has 16 N–H and O–H groups in total. The van der Waals surface area contributed by atoms with E-state index in [0.29, 0.717) is 22.6 Å². The van der Waals surface area contributed by atoms with Crippen molar-refractivity contribution in [3.05, 3.63) is 143 Å². The fourth-order valence-electron chi connectivity index (χ4n) is 9.10. The molecule has 0 unspecified atom stereocenters. The third-order valence-electron chi connectivity index (χ3n) is 14.9. The number of benzene rings is 2. The number of phenols is 2. The third kappa shape index (κ3) is 22.7. The molecule has 0 amide bonds. The highest BCUT2D eigenvalue weighted by atomic mass is 16.8. The highest BCUT2D eigenvalue weighted by Crippen LogP contribution is 2.31. The molecule has 4 aliphatic rings. The van der Waals surface area contributed by atoms with Crippen LogP contribution in [0.25, 0.3) is 12.2 Å². The number of aliphatic hydroxyl groups is 14. The van der Waals surface area contributed by atoms with Crippen molar-refractivity contribution < 1.29 is 148 Å². The Kier molecular flexibility index (Phi) is 31.3. The number of hydrogen-bond acceptors (Lipinski definition) is 30.